The minimum absolute atomic E-state index is 0. The van der Waals surface area contributed by atoms with Crippen LogP contribution >= 0.6 is 0 Å². The molecule has 0 aliphatic heterocycles. The topological polar surface area (TPSA) is 57.2 Å². The summed E-state index contributed by atoms with van der Waals surface area (Å²) >= 11 is 0. The predicted octanol–water partition coefficient (Wildman–Crippen LogP) is 2.80. The first-order valence-electron chi connectivity index (χ1n) is 10.2. The van der Waals surface area contributed by atoms with Crippen LogP contribution in [0.15, 0.2) is 24.3 Å². The zero-order valence-corrected chi connectivity index (χ0v) is 20.3. The van der Waals surface area contributed by atoms with E-state index in [1.165, 1.54) is 5.56 Å². The third-order valence-electron chi connectivity index (χ3n) is 5.71. The van der Waals surface area contributed by atoms with Crippen molar-refractivity contribution >= 4 is 16.2 Å². The van der Waals surface area contributed by atoms with Crippen molar-refractivity contribution in [3.63, 3.8) is 0 Å². The van der Waals surface area contributed by atoms with Crippen LogP contribution in [0.5, 0.6) is 0 Å². The molecule has 1 aromatic carbocycles. The zero-order chi connectivity index (χ0) is 19.2. The molecule has 0 heterocycles. The minimum Gasteiger partial charge on any atom is -0.747 e. The summed E-state index contributed by atoms with van der Waals surface area (Å²) in [5.41, 5.74) is 2.86. The van der Waals surface area contributed by atoms with Gasteiger partial charge in [-0.2, -0.15) is 0 Å². The summed E-state index contributed by atoms with van der Waals surface area (Å²) in [6, 6.07) is 6.04. The van der Waals surface area contributed by atoms with E-state index in [1.54, 1.807) is 0 Å². The molecule has 146 valence electrons. The van der Waals surface area contributed by atoms with Crippen LogP contribution in [0, 0.1) is 5.92 Å². The summed E-state index contributed by atoms with van der Waals surface area (Å²) in [4.78, 5) is 0. The quantitative estimate of drug-likeness (QED) is 0.448. The van der Waals surface area contributed by atoms with E-state index in [9.17, 15) is 13.0 Å². The molecule has 5 heteroatoms. The van der Waals surface area contributed by atoms with Crippen LogP contribution in [-0.2, 0) is 21.3 Å². The molecule has 0 radical (unpaired) electrons. The van der Waals surface area contributed by atoms with Crippen molar-refractivity contribution in [2.24, 2.45) is 5.92 Å². The third kappa shape index (κ3) is 5.48. The Labute approximate surface area is 188 Å². The van der Waals surface area contributed by atoms with E-state index in [2.05, 4.69) is 19.9 Å². The summed E-state index contributed by atoms with van der Waals surface area (Å²) in [5.74, 6) is -0.231. The van der Waals surface area contributed by atoms with Crippen LogP contribution in [-0.4, -0.2) is 13.0 Å². The van der Waals surface area contributed by atoms with Crippen molar-refractivity contribution in [1.29, 1.82) is 0 Å². The second-order valence-corrected chi connectivity index (χ2v) is 9.22. The van der Waals surface area contributed by atoms with Crippen molar-refractivity contribution in [3.8, 4) is 0 Å². The van der Waals surface area contributed by atoms with Gasteiger partial charge in [-0.1, -0.05) is 83.2 Å². The number of hydrogen-bond donors (Lipinski definition) is 0. The van der Waals surface area contributed by atoms with Gasteiger partial charge >= 0.3 is 29.6 Å². The van der Waals surface area contributed by atoms with Crippen LogP contribution in [0.1, 0.15) is 88.8 Å². The van der Waals surface area contributed by atoms with Crippen LogP contribution < -0.4 is 29.6 Å². The van der Waals surface area contributed by atoms with Gasteiger partial charge in [-0.05, 0) is 48.3 Å². The largest absolute Gasteiger partial charge is 1.00 e. The monoisotopic (exact) mass is 400 g/mol. The molecule has 0 aromatic heterocycles. The predicted molar refractivity (Wildman–Crippen MR) is 108 cm³/mol. The molecular formula is C22H33NaO3S. The molecule has 1 aromatic rings. The summed E-state index contributed by atoms with van der Waals surface area (Å²) in [7, 11) is -4.48. The van der Waals surface area contributed by atoms with E-state index in [0.29, 0.717) is 6.42 Å². The Kier molecular flexibility index (Phi) is 10.3. The minimum atomic E-state index is -4.48. The van der Waals surface area contributed by atoms with Crippen molar-refractivity contribution in [2.45, 2.75) is 83.3 Å². The summed E-state index contributed by atoms with van der Waals surface area (Å²) in [5, 5.41) is 0. The molecule has 1 aliphatic carbocycles. The van der Waals surface area contributed by atoms with E-state index in [1.807, 2.05) is 31.2 Å². The fourth-order valence-corrected chi connectivity index (χ4v) is 5.62. The molecule has 0 bridgehead atoms. The average Bonchev–Trinajstić information content (AvgIpc) is 2.61. The molecule has 1 aliphatic rings. The van der Waals surface area contributed by atoms with Gasteiger partial charge in [0.05, 0.1) is 4.75 Å². The first-order chi connectivity index (χ1) is 12.4. The first kappa shape index (κ1) is 24.9. The van der Waals surface area contributed by atoms with Crippen molar-refractivity contribution in [1.82, 2.24) is 0 Å². The molecule has 0 fully saturated rings. The van der Waals surface area contributed by atoms with Crippen LogP contribution in [0.25, 0.3) is 6.08 Å². The van der Waals surface area contributed by atoms with Gasteiger partial charge in [-0.15, -0.1) is 0 Å². The van der Waals surface area contributed by atoms with Crippen LogP contribution in [0.2, 0.25) is 0 Å². The maximum atomic E-state index is 12.6. The average molecular weight is 401 g/mol. The van der Waals surface area contributed by atoms with E-state index >= 15 is 0 Å². The third-order valence-corrected chi connectivity index (χ3v) is 7.33. The standard InChI is InChI=1S/C22H34O3S.Na/c1-4-7-10-18-12-15-21-19(17-18)13-14-20(11-8-5-2)22(21,16-9-6-3)26(23,24)25;/h12-15,17,20H,4-11,16H2,1-3H3,(H,23,24,25);/q;+1/p-1. The molecule has 0 saturated carbocycles. The maximum absolute atomic E-state index is 12.6. The molecule has 0 spiro atoms. The number of fused-ring (bicyclic) bond motifs is 1. The number of unbranched alkanes of at least 4 members (excludes halogenated alkanes) is 3. The van der Waals surface area contributed by atoms with E-state index in [4.69, 9.17) is 0 Å². The Morgan fingerprint density at radius 2 is 1.70 bits per heavy atom. The number of allylic oxidation sites excluding steroid dienone is 1. The fraction of sp³-hybridized carbons (Fsp3) is 0.636. The number of hydrogen-bond acceptors (Lipinski definition) is 3. The van der Waals surface area contributed by atoms with Crippen molar-refractivity contribution < 1.29 is 42.5 Å². The summed E-state index contributed by atoms with van der Waals surface area (Å²) < 4.78 is 36.5. The molecule has 2 atom stereocenters. The van der Waals surface area contributed by atoms with Gasteiger partial charge in [0.1, 0.15) is 10.1 Å². The van der Waals surface area contributed by atoms with E-state index in [0.717, 1.165) is 62.5 Å². The number of rotatable bonds is 10. The Balaban J connectivity index is 0.00000364. The van der Waals surface area contributed by atoms with Crippen LogP contribution in [0.4, 0.5) is 0 Å². The molecule has 0 amide bonds. The van der Waals surface area contributed by atoms with Gasteiger partial charge in [0, 0.05) is 0 Å². The Morgan fingerprint density at radius 1 is 1.04 bits per heavy atom. The normalized spacial score (nSPS) is 21.6. The van der Waals surface area contributed by atoms with Gasteiger partial charge < -0.3 is 4.55 Å². The molecule has 3 nitrogen and oxygen atoms in total. The second kappa shape index (κ2) is 11.2. The summed E-state index contributed by atoms with van der Waals surface area (Å²) in [6.07, 6.45) is 12.0. The molecule has 2 rings (SSSR count). The fourth-order valence-electron chi connectivity index (χ4n) is 4.20. The maximum Gasteiger partial charge on any atom is 1.00 e. The molecule has 27 heavy (non-hydrogen) atoms. The Morgan fingerprint density at radius 3 is 2.30 bits per heavy atom. The van der Waals surface area contributed by atoms with Crippen molar-refractivity contribution in [3.05, 3.63) is 41.0 Å². The Bertz CT molecular complexity index is 727. The van der Waals surface area contributed by atoms with Gasteiger partial charge in [-0.25, -0.2) is 8.42 Å². The number of aryl methyl sites for hydroxylation is 1. The molecule has 2 unspecified atom stereocenters. The second-order valence-electron chi connectivity index (χ2n) is 7.58. The van der Waals surface area contributed by atoms with Gasteiger partial charge in [0.15, 0.2) is 0 Å². The van der Waals surface area contributed by atoms with Gasteiger partial charge in [0.2, 0.25) is 0 Å². The van der Waals surface area contributed by atoms with E-state index < -0.39 is 14.9 Å². The van der Waals surface area contributed by atoms with E-state index in [-0.39, 0.29) is 35.5 Å². The number of benzene rings is 1. The smallest absolute Gasteiger partial charge is 0.747 e. The molecule has 0 saturated heterocycles. The molecule has 0 N–H and O–H groups in total. The van der Waals surface area contributed by atoms with Gasteiger partial charge in [-0.3, -0.25) is 0 Å². The Hall–Kier alpha value is -0.130. The van der Waals surface area contributed by atoms with Crippen LogP contribution in [0.3, 0.4) is 0 Å². The zero-order valence-electron chi connectivity index (χ0n) is 17.5. The SMILES string of the molecule is CCCCc1ccc2c(c1)C=CC(CCCC)C2(CCCC)S(=O)(=O)[O-].[Na+]. The van der Waals surface area contributed by atoms with Gasteiger partial charge in [0.25, 0.3) is 0 Å². The first-order valence-corrected chi connectivity index (χ1v) is 11.6. The van der Waals surface area contributed by atoms with Crippen molar-refractivity contribution in [2.75, 3.05) is 0 Å². The summed E-state index contributed by atoms with van der Waals surface area (Å²) in [6.45, 7) is 6.30. The molecular weight excluding hydrogens is 367 g/mol.